The van der Waals surface area contributed by atoms with Crippen LogP contribution < -0.4 is 15.6 Å². The summed E-state index contributed by atoms with van der Waals surface area (Å²) >= 11 is 1.22. The summed E-state index contributed by atoms with van der Waals surface area (Å²) < 4.78 is 6.79. The van der Waals surface area contributed by atoms with Gasteiger partial charge in [0.2, 0.25) is 5.91 Å². The monoisotopic (exact) mass is 484 g/mol. The second kappa shape index (κ2) is 9.68. The van der Waals surface area contributed by atoms with Crippen LogP contribution in [-0.2, 0) is 11.2 Å². The highest BCUT2D eigenvalue weighted by molar-refractivity contribution is 7.99. The van der Waals surface area contributed by atoms with Gasteiger partial charge in [-0.1, -0.05) is 49.0 Å². The van der Waals surface area contributed by atoms with Crippen LogP contribution in [0.4, 0.5) is 5.69 Å². The lowest BCUT2D eigenvalue weighted by Gasteiger charge is -2.13. The van der Waals surface area contributed by atoms with Crippen molar-refractivity contribution in [3.8, 4) is 11.4 Å². The average Bonchev–Trinajstić information content (AvgIpc) is 3.27. The second-order valence-electron chi connectivity index (χ2n) is 8.01. The summed E-state index contributed by atoms with van der Waals surface area (Å²) in [6.07, 6.45) is 0.939. The largest absolute Gasteiger partial charge is 0.497 e. The van der Waals surface area contributed by atoms with Crippen LogP contribution in [0.3, 0.4) is 0 Å². The number of amides is 1. The number of H-pyrrole nitrogens is 1. The fourth-order valence-electron chi connectivity index (χ4n) is 3.95. The molecule has 2 aromatic heterocycles. The molecule has 0 aliphatic heterocycles. The number of hydrogen-bond donors (Lipinski definition) is 2. The van der Waals surface area contributed by atoms with Crippen LogP contribution in [0.2, 0.25) is 0 Å². The van der Waals surface area contributed by atoms with E-state index in [0.29, 0.717) is 27.6 Å². The molecular formula is C27H24N4O3S. The zero-order valence-electron chi connectivity index (χ0n) is 19.4. The predicted octanol–water partition coefficient (Wildman–Crippen LogP) is 5.17. The second-order valence-corrected chi connectivity index (χ2v) is 8.96. The Labute approximate surface area is 206 Å². The first kappa shape index (κ1) is 22.7. The Hall–Kier alpha value is -4.04. The van der Waals surface area contributed by atoms with E-state index in [-0.39, 0.29) is 17.2 Å². The molecule has 2 N–H and O–H groups in total. The van der Waals surface area contributed by atoms with E-state index in [9.17, 15) is 9.59 Å². The van der Waals surface area contributed by atoms with Gasteiger partial charge < -0.3 is 15.0 Å². The van der Waals surface area contributed by atoms with Crippen LogP contribution in [0.1, 0.15) is 12.5 Å². The lowest BCUT2D eigenvalue weighted by atomic mass is 10.1. The van der Waals surface area contributed by atoms with E-state index in [4.69, 9.17) is 9.72 Å². The van der Waals surface area contributed by atoms with Crippen LogP contribution in [0.25, 0.3) is 27.6 Å². The number of aryl methyl sites for hydroxylation is 1. The Morgan fingerprint density at radius 2 is 1.80 bits per heavy atom. The van der Waals surface area contributed by atoms with Gasteiger partial charge in [0, 0.05) is 16.6 Å². The maximum atomic E-state index is 13.6. The highest BCUT2D eigenvalue weighted by Gasteiger charge is 2.18. The third kappa shape index (κ3) is 4.52. The summed E-state index contributed by atoms with van der Waals surface area (Å²) in [5.74, 6) is 0.615. The number of ether oxygens (including phenoxy) is 1. The molecule has 2 heterocycles. The Balaban J connectivity index is 1.52. The molecule has 0 aliphatic rings. The van der Waals surface area contributed by atoms with Gasteiger partial charge in [-0.3, -0.25) is 14.2 Å². The predicted molar refractivity (Wildman–Crippen MR) is 141 cm³/mol. The number of aromatic amines is 1. The van der Waals surface area contributed by atoms with Crippen LogP contribution in [0.15, 0.2) is 82.7 Å². The van der Waals surface area contributed by atoms with Gasteiger partial charge in [0.05, 0.1) is 18.6 Å². The van der Waals surface area contributed by atoms with Crippen molar-refractivity contribution in [1.29, 1.82) is 0 Å². The summed E-state index contributed by atoms with van der Waals surface area (Å²) in [7, 11) is 1.59. The molecule has 7 nitrogen and oxygen atoms in total. The number of fused-ring (bicyclic) bond motifs is 3. The third-order valence-electron chi connectivity index (χ3n) is 5.80. The number of thioether (sulfide) groups is 1. The minimum atomic E-state index is -0.227. The zero-order chi connectivity index (χ0) is 24.4. The molecule has 176 valence electrons. The van der Waals surface area contributed by atoms with Gasteiger partial charge in [-0.15, -0.1) is 0 Å². The number of aromatic nitrogens is 3. The number of hydrogen-bond acceptors (Lipinski definition) is 5. The minimum Gasteiger partial charge on any atom is -0.497 e. The lowest BCUT2D eigenvalue weighted by molar-refractivity contribution is -0.113. The number of para-hydroxylation sites is 1. The smallest absolute Gasteiger partial charge is 0.283 e. The van der Waals surface area contributed by atoms with Crippen molar-refractivity contribution in [2.45, 2.75) is 18.5 Å². The van der Waals surface area contributed by atoms with Crippen LogP contribution in [0.5, 0.6) is 5.75 Å². The van der Waals surface area contributed by atoms with Crippen molar-refractivity contribution >= 4 is 45.3 Å². The van der Waals surface area contributed by atoms with Crippen molar-refractivity contribution in [2.75, 3.05) is 18.2 Å². The van der Waals surface area contributed by atoms with Gasteiger partial charge in [0.15, 0.2) is 5.16 Å². The van der Waals surface area contributed by atoms with Crippen LogP contribution >= 0.6 is 11.8 Å². The van der Waals surface area contributed by atoms with Gasteiger partial charge in [-0.2, -0.15) is 0 Å². The molecular weight excluding hydrogens is 460 g/mol. The maximum absolute atomic E-state index is 13.6. The summed E-state index contributed by atoms with van der Waals surface area (Å²) in [4.78, 5) is 34.4. The Bertz CT molecular complexity index is 1570. The van der Waals surface area contributed by atoms with Gasteiger partial charge in [0.1, 0.15) is 16.8 Å². The van der Waals surface area contributed by atoms with E-state index in [1.807, 2.05) is 48.5 Å². The van der Waals surface area contributed by atoms with E-state index in [1.54, 1.807) is 31.4 Å². The highest BCUT2D eigenvalue weighted by atomic mass is 32.2. The van der Waals surface area contributed by atoms with E-state index >= 15 is 0 Å². The van der Waals surface area contributed by atoms with Gasteiger partial charge in [0.25, 0.3) is 5.56 Å². The number of nitrogens with zero attached hydrogens (tertiary/aromatic N) is 2. The minimum absolute atomic E-state index is 0.103. The molecule has 0 atom stereocenters. The SMILES string of the molecule is CCc1ccc(NC(=O)CSc2nc3c([nH]c4ccccc43)c(=O)n2-c2ccc(OC)cc2)cc1. The van der Waals surface area contributed by atoms with E-state index in [0.717, 1.165) is 23.0 Å². The first-order valence-corrected chi connectivity index (χ1v) is 12.3. The van der Waals surface area contributed by atoms with Gasteiger partial charge >= 0.3 is 0 Å². The molecule has 0 saturated heterocycles. The molecule has 0 aliphatic carbocycles. The highest BCUT2D eigenvalue weighted by Crippen LogP contribution is 2.27. The van der Waals surface area contributed by atoms with E-state index < -0.39 is 0 Å². The molecule has 0 radical (unpaired) electrons. The number of rotatable bonds is 7. The van der Waals surface area contributed by atoms with Crippen LogP contribution in [-0.4, -0.2) is 33.3 Å². The molecule has 0 bridgehead atoms. The number of carbonyl (C=O) groups excluding carboxylic acids is 1. The maximum Gasteiger partial charge on any atom is 0.283 e. The Kier molecular flexibility index (Phi) is 6.29. The number of nitrogens with one attached hydrogen (secondary N) is 2. The van der Waals surface area contributed by atoms with Crippen molar-refractivity contribution in [2.24, 2.45) is 0 Å². The van der Waals surface area contributed by atoms with Crippen molar-refractivity contribution < 1.29 is 9.53 Å². The molecule has 35 heavy (non-hydrogen) atoms. The first-order valence-electron chi connectivity index (χ1n) is 11.3. The average molecular weight is 485 g/mol. The fraction of sp³-hybridized carbons (Fsp3) is 0.148. The summed E-state index contributed by atoms with van der Waals surface area (Å²) in [6, 6.07) is 22.6. The Morgan fingerprint density at radius 1 is 1.06 bits per heavy atom. The number of anilines is 1. The molecule has 1 amide bonds. The lowest BCUT2D eigenvalue weighted by Crippen LogP contribution is -2.23. The molecule has 0 spiro atoms. The fourth-order valence-corrected chi connectivity index (χ4v) is 4.75. The normalized spacial score (nSPS) is 11.1. The topological polar surface area (TPSA) is 89.0 Å². The van der Waals surface area contributed by atoms with Crippen molar-refractivity contribution in [3.63, 3.8) is 0 Å². The molecule has 5 rings (SSSR count). The first-order chi connectivity index (χ1) is 17.1. The molecule has 5 aromatic rings. The molecule has 0 saturated carbocycles. The number of methoxy groups -OCH3 is 1. The Morgan fingerprint density at radius 3 is 2.51 bits per heavy atom. The standard InChI is InChI=1S/C27H24N4O3S/c1-3-17-8-10-18(11-9-17)28-23(32)16-35-27-30-24-21-6-4-5-7-22(21)29-25(24)26(33)31(27)19-12-14-20(34-2)15-13-19/h4-15,29H,3,16H2,1-2H3,(H,28,32). The van der Waals surface area contributed by atoms with Gasteiger partial charge in [-0.05, 0) is 54.4 Å². The van der Waals surface area contributed by atoms with Crippen molar-refractivity contribution in [3.05, 3.63) is 88.7 Å². The summed E-state index contributed by atoms with van der Waals surface area (Å²) in [6.45, 7) is 2.09. The summed E-state index contributed by atoms with van der Waals surface area (Å²) in [5, 5.41) is 4.22. The number of benzene rings is 3. The third-order valence-corrected chi connectivity index (χ3v) is 6.74. The van der Waals surface area contributed by atoms with Crippen molar-refractivity contribution in [1.82, 2.24) is 14.5 Å². The molecule has 0 fully saturated rings. The molecule has 0 unspecified atom stereocenters. The quantitative estimate of drug-likeness (QED) is 0.246. The van der Waals surface area contributed by atoms with Crippen LogP contribution in [0, 0.1) is 0 Å². The van der Waals surface area contributed by atoms with Gasteiger partial charge in [-0.25, -0.2) is 4.98 Å². The van der Waals surface area contributed by atoms with E-state index in [2.05, 4.69) is 17.2 Å². The zero-order valence-corrected chi connectivity index (χ0v) is 20.2. The van der Waals surface area contributed by atoms with E-state index in [1.165, 1.54) is 21.9 Å². The molecule has 8 heteroatoms. The molecule has 3 aromatic carbocycles. The summed E-state index contributed by atoms with van der Waals surface area (Å²) in [5.41, 5.74) is 4.21. The number of carbonyl (C=O) groups is 1.